The third-order valence-electron chi connectivity index (χ3n) is 4.54. The van der Waals surface area contributed by atoms with E-state index in [1.54, 1.807) is 14.2 Å². The molecular weight excluding hydrogens is 328 g/mol. The monoisotopic (exact) mass is 352 g/mol. The van der Waals surface area contributed by atoms with Crippen molar-refractivity contribution in [3.05, 3.63) is 69.5 Å². The number of methoxy groups -OCH3 is 2. The second kappa shape index (κ2) is 8.06. The predicted molar refractivity (Wildman–Crippen MR) is 104 cm³/mol. The number of fused-ring (bicyclic) bond motifs is 1. The molecular formula is C21H24N2O3. The van der Waals surface area contributed by atoms with Crippen LogP contribution in [0.5, 0.6) is 11.5 Å². The lowest BCUT2D eigenvalue weighted by atomic mass is 10.1. The van der Waals surface area contributed by atoms with Crippen LogP contribution in [0.4, 0.5) is 0 Å². The normalized spacial score (nSPS) is 10.9. The first-order valence-electron chi connectivity index (χ1n) is 8.66. The van der Waals surface area contributed by atoms with E-state index < -0.39 is 0 Å². The van der Waals surface area contributed by atoms with Crippen LogP contribution < -0.4 is 20.3 Å². The molecule has 3 aromatic rings. The minimum Gasteiger partial charge on any atom is -0.493 e. The first-order valence-corrected chi connectivity index (χ1v) is 8.66. The fraction of sp³-hybridized carbons (Fsp3) is 0.286. The molecule has 0 fully saturated rings. The molecule has 2 N–H and O–H groups in total. The lowest BCUT2D eigenvalue weighted by molar-refractivity contribution is 0.351. The smallest absolute Gasteiger partial charge is 0.252 e. The van der Waals surface area contributed by atoms with E-state index in [9.17, 15) is 4.79 Å². The van der Waals surface area contributed by atoms with E-state index in [4.69, 9.17) is 9.47 Å². The molecule has 2 aromatic carbocycles. The molecule has 5 heteroatoms. The molecule has 0 aliphatic carbocycles. The Morgan fingerprint density at radius 3 is 2.62 bits per heavy atom. The first kappa shape index (κ1) is 18.0. The van der Waals surface area contributed by atoms with Gasteiger partial charge in [0.25, 0.3) is 5.56 Å². The van der Waals surface area contributed by atoms with Gasteiger partial charge >= 0.3 is 0 Å². The van der Waals surface area contributed by atoms with E-state index in [-0.39, 0.29) is 5.56 Å². The van der Waals surface area contributed by atoms with Crippen molar-refractivity contribution in [3.63, 3.8) is 0 Å². The van der Waals surface area contributed by atoms with Crippen molar-refractivity contribution in [2.24, 2.45) is 0 Å². The Bertz CT molecular complexity index is 963. The molecule has 0 atom stereocenters. The molecule has 1 aromatic heterocycles. The summed E-state index contributed by atoms with van der Waals surface area (Å²) >= 11 is 0. The zero-order valence-electron chi connectivity index (χ0n) is 15.4. The third-order valence-corrected chi connectivity index (χ3v) is 4.54. The zero-order chi connectivity index (χ0) is 18.5. The molecule has 0 bridgehead atoms. The van der Waals surface area contributed by atoms with Crippen molar-refractivity contribution < 1.29 is 9.47 Å². The Morgan fingerprint density at radius 2 is 1.85 bits per heavy atom. The fourth-order valence-electron chi connectivity index (χ4n) is 3.16. The predicted octanol–water partition coefficient (Wildman–Crippen LogP) is 3.19. The van der Waals surface area contributed by atoms with Crippen molar-refractivity contribution in [1.82, 2.24) is 10.3 Å². The Hall–Kier alpha value is -2.79. The highest BCUT2D eigenvalue weighted by atomic mass is 16.5. The minimum absolute atomic E-state index is 0.0433. The van der Waals surface area contributed by atoms with Gasteiger partial charge in [-0.25, -0.2) is 0 Å². The Balaban J connectivity index is 1.67. The van der Waals surface area contributed by atoms with Gasteiger partial charge in [0.1, 0.15) is 0 Å². The number of aryl methyl sites for hydroxylation is 1. The molecule has 136 valence electrons. The van der Waals surface area contributed by atoms with Crippen LogP contribution in [0.15, 0.2) is 47.3 Å². The summed E-state index contributed by atoms with van der Waals surface area (Å²) in [6.07, 6.45) is 0.783. The van der Waals surface area contributed by atoms with Gasteiger partial charge in [-0.1, -0.05) is 30.3 Å². The van der Waals surface area contributed by atoms with Crippen LogP contribution in [0, 0.1) is 6.92 Å². The van der Waals surface area contributed by atoms with E-state index >= 15 is 0 Å². The first-order chi connectivity index (χ1) is 12.6. The number of aromatic nitrogens is 1. The molecule has 1 heterocycles. The van der Waals surface area contributed by atoms with Gasteiger partial charge in [-0.05, 0) is 48.5 Å². The Labute approximate surface area is 153 Å². The van der Waals surface area contributed by atoms with Crippen molar-refractivity contribution in [2.45, 2.75) is 19.9 Å². The van der Waals surface area contributed by atoms with Gasteiger partial charge in [-0.2, -0.15) is 0 Å². The van der Waals surface area contributed by atoms with Crippen LogP contribution in [0.2, 0.25) is 0 Å². The molecule has 0 saturated carbocycles. The second-order valence-electron chi connectivity index (χ2n) is 6.24. The highest BCUT2D eigenvalue weighted by Gasteiger charge is 2.09. The van der Waals surface area contributed by atoms with Crippen molar-refractivity contribution in [3.8, 4) is 11.5 Å². The fourth-order valence-corrected chi connectivity index (χ4v) is 3.16. The van der Waals surface area contributed by atoms with E-state index in [0.29, 0.717) is 6.54 Å². The number of H-pyrrole nitrogens is 1. The van der Waals surface area contributed by atoms with E-state index in [1.807, 2.05) is 49.4 Å². The molecule has 0 amide bonds. The molecule has 26 heavy (non-hydrogen) atoms. The molecule has 0 spiro atoms. The molecule has 5 nitrogen and oxygen atoms in total. The zero-order valence-corrected chi connectivity index (χ0v) is 15.4. The average molecular weight is 352 g/mol. The summed E-state index contributed by atoms with van der Waals surface area (Å²) in [5, 5.41) is 4.39. The summed E-state index contributed by atoms with van der Waals surface area (Å²) in [6, 6.07) is 13.8. The SMILES string of the molecule is COc1cccc(CCNCc2cc3cccc(C)c3[nH]c2=O)c1OC. The maximum Gasteiger partial charge on any atom is 0.252 e. The van der Waals surface area contributed by atoms with Crippen molar-refractivity contribution in [2.75, 3.05) is 20.8 Å². The van der Waals surface area contributed by atoms with Crippen molar-refractivity contribution in [1.29, 1.82) is 0 Å². The minimum atomic E-state index is -0.0433. The summed E-state index contributed by atoms with van der Waals surface area (Å²) in [7, 11) is 3.28. The summed E-state index contributed by atoms with van der Waals surface area (Å²) in [5.41, 5.74) is 3.74. The number of para-hydroxylation sites is 2. The summed E-state index contributed by atoms with van der Waals surface area (Å²) < 4.78 is 10.8. The highest BCUT2D eigenvalue weighted by molar-refractivity contribution is 5.81. The van der Waals surface area contributed by atoms with Crippen LogP contribution >= 0.6 is 0 Å². The maximum absolute atomic E-state index is 12.3. The number of hydrogen-bond donors (Lipinski definition) is 2. The van der Waals surface area contributed by atoms with Gasteiger partial charge in [0.2, 0.25) is 0 Å². The summed E-state index contributed by atoms with van der Waals surface area (Å²) in [4.78, 5) is 15.3. The average Bonchev–Trinajstić information content (AvgIpc) is 2.66. The Kier molecular flexibility index (Phi) is 5.58. The van der Waals surface area contributed by atoms with E-state index in [0.717, 1.165) is 52.1 Å². The standard InChI is InChI=1S/C21H24N2O3/c1-14-6-4-8-16-12-17(21(24)23-19(14)16)13-22-11-10-15-7-5-9-18(25-2)20(15)26-3/h4-9,12,22H,10-11,13H2,1-3H3,(H,23,24). The van der Waals surface area contributed by atoms with Gasteiger partial charge in [0.05, 0.1) is 19.7 Å². The number of benzene rings is 2. The Morgan fingerprint density at radius 1 is 1.04 bits per heavy atom. The summed E-state index contributed by atoms with van der Waals surface area (Å²) in [5.74, 6) is 1.49. The lowest BCUT2D eigenvalue weighted by Crippen LogP contribution is -2.23. The molecule has 0 saturated heterocycles. The van der Waals surface area contributed by atoms with Crippen LogP contribution in [0.25, 0.3) is 10.9 Å². The maximum atomic E-state index is 12.3. The van der Waals surface area contributed by atoms with Gasteiger partial charge < -0.3 is 19.8 Å². The van der Waals surface area contributed by atoms with Gasteiger partial charge in [0.15, 0.2) is 11.5 Å². The van der Waals surface area contributed by atoms with Gasteiger partial charge in [0, 0.05) is 12.1 Å². The topological polar surface area (TPSA) is 63.3 Å². The van der Waals surface area contributed by atoms with Crippen LogP contribution in [-0.2, 0) is 13.0 Å². The molecule has 3 rings (SSSR count). The number of pyridine rings is 1. The molecule has 0 aliphatic rings. The van der Waals surface area contributed by atoms with Crippen molar-refractivity contribution >= 4 is 10.9 Å². The van der Waals surface area contributed by atoms with Crippen LogP contribution in [-0.4, -0.2) is 25.7 Å². The van der Waals surface area contributed by atoms with E-state index in [1.165, 1.54) is 0 Å². The number of aromatic amines is 1. The summed E-state index contributed by atoms with van der Waals surface area (Å²) in [6.45, 7) is 3.25. The number of nitrogens with one attached hydrogen (secondary N) is 2. The molecule has 0 radical (unpaired) electrons. The molecule has 0 unspecified atom stereocenters. The highest BCUT2D eigenvalue weighted by Crippen LogP contribution is 2.30. The molecule has 0 aliphatic heterocycles. The number of hydrogen-bond acceptors (Lipinski definition) is 4. The largest absolute Gasteiger partial charge is 0.493 e. The second-order valence-corrected chi connectivity index (χ2v) is 6.24. The third kappa shape index (κ3) is 3.73. The van der Waals surface area contributed by atoms with Gasteiger partial charge in [-0.15, -0.1) is 0 Å². The van der Waals surface area contributed by atoms with Gasteiger partial charge in [-0.3, -0.25) is 4.79 Å². The number of ether oxygens (including phenoxy) is 2. The van der Waals surface area contributed by atoms with Crippen LogP contribution in [0.1, 0.15) is 16.7 Å². The van der Waals surface area contributed by atoms with E-state index in [2.05, 4.69) is 10.3 Å². The lowest BCUT2D eigenvalue weighted by Gasteiger charge is -2.13. The number of rotatable bonds is 7. The van der Waals surface area contributed by atoms with Crippen LogP contribution in [0.3, 0.4) is 0 Å². The quantitative estimate of drug-likeness (QED) is 0.641.